The normalized spacial score (nSPS) is 19.9. The molecule has 0 saturated carbocycles. The number of likely N-dealkylation sites (tertiary alicyclic amines) is 1. The molecule has 3 aromatic rings. The highest BCUT2D eigenvalue weighted by atomic mass is 35.5. The fourth-order valence-electron chi connectivity index (χ4n) is 4.17. The van der Waals surface area contributed by atoms with Gasteiger partial charge in [-0.2, -0.15) is 0 Å². The maximum atomic E-state index is 13.2. The van der Waals surface area contributed by atoms with Crippen LogP contribution in [0.25, 0.3) is 17.1 Å². The molecule has 0 radical (unpaired) electrons. The molecule has 0 spiro atoms. The number of benzene rings is 1. The molecule has 1 amide bonds. The second kappa shape index (κ2) is 9.40. The first-order valence-electron chi connectivity index (χ1n) is 10.5. The van der Waals surface area contributed by atoms with Gasteiger partial charge in [0.1, 0.15) is 0 Å². The van der Waals surface area contributed by atoms with E-state index >= 15 is 0 Å². The number of piperidine rings is 1. The lowest BCUT2D eigenvalue weighted by Crippen LogP contribution is -2.45. The molecular formula is C23H26ClN5OS. The average molecular weight is 456 g/mol. The Morgan fingerprint density at radius 2 is 1.71 bits per heavy atom. The summed E-state index contributed by atoms with van der Waals surface area (Å²) in [5, 5.41) is 9.95. The Morgan fingerprint density at radius 3 is 2.35 bits per heavy atom. The first-order chi connectivity index (χ1) is 14.9. The lowest BCUT2D eigenvalue weighted by atomic mass is 9.92. The summed E-state index contributed by atoms with van der Waals surface area (Å²) >= 11 is 7.54. The van der Waals surface area contributed by atoms with E-state index in [1.165, 1.54) is 18.2 Å². The van der Waals surface area contributed by atoms with Crippen molar-refractivity contribution in [1.29, 1.82) is 0 Å². The van der Waals surface area contributed by atoms with E-state index in [1.807, 2.05) is 52.8 Å². The molecule has 3 unspecified atom stereocenters. The Bertz CT molecular complexity index is 1030. The van der Waals surface area contributed by atoms with Crippen molar-refractivity contribution in [3.63, 3.8) is 0 Å². The van der Waals surface area contributed by atoms with E-state index in [9.17, 15) is 4.79 Å². The van der Waals surface area contributed by atoms with E-state index in [-0.39, 0.29) is 11.2 Å². The Balaban J connectivity index is 1.64. The van der Waals surface area contributed by atoms with Crippen LogP contribution in [0, 0.1) is 11.8 Å². The number of amides is 1. The SMILES string of the molecule is CC1CC(C)CN(C(=O)C(C)Sc2nnc(-c3ccncc3)n2-c2ccc(Cl)cc2)C1. The molecule has 6 nitrogen and oxygen atoms in total. The van der Waals surface area contributed by atoms with E-state index in [0.29, 0.717) is 27.8 Å². The summed E-state index contributed by atoms with van der Waals surface area (Å²) in [5.74, 6) is 1.91. The summed E-state index contributed by atoms with van der Waals surface area (Å²) in [6.45, 7) is 8.02. The number of carbonyl (C=O) groups is 1. The monoisotopic (exact) mass is 455 g/mol. The highest BCUT2D eigenvalue weighted by Crippen LogP contribution is 2.32. The third-order valence-electron chi connectivity index (χ3n) is 5.47. The third-order valence-corrected chi connectivity index (χ3v) is 6.75. The van der Waals surface area contributed by atoms with Gasteiger partial charge in [-0.05, 0) is 61.6 Å². The molecule has 4 rings (SSSR count). The average Bonchev–Trinajstić information content (AvgIpc) is 3.17. The maximum absolute atomic E-state index is 13.2. The van der Waals surface area contributed by atoms with Crippen molar-refractivity contribution in [3.8, 4) is 17.1 Å². The van der Waals surface area contributed by atoms with Crippen molar-refractivity contribution < 1.29 is 4.79 Å². The Morgan fingerprint density at radius 1 is 1.06 bits per heavy atom. The summed E-state index contributed by atoms with van der Waals surface area (Å²) in [6, 6.07) is 11.3. The van der Waals surface area contributed by atoms with E-state index in [4.69, 9.17) is 11.6 Å². The molecular weight excluding hydrogens is 430 g/mol. The minimum atomic E-state index is -0.266. The van der Waals surface area contributed by atoms with Gasteiger partial charge in [-0.15, -0.1) is 10.2 Å². The molecule has 0 aliphatic carbocycles. The van der Waals surface area contributed by atoms with Crippen LogP contribution in [0.1, 0.15) is 27.2 Å². The molecule has 0 N–H and O–H groups in total. The standard InChI is InChI=1S/C23H26ClN5OS/c1-15-12-16(2)14-28(13-15)22(30)17(3)31-23-27-26-21(18-8-10-25-11-9-18)29(23)20-6-4-19(24)5-7-20/h4-11,15-17H,12-14H2,1-3H3. The zero-order valence-electron chi connectivity index (χ0n) is 17.9. The summed E-state index contributed by atoms with van der Waals surface area (Å²) in [7, 11) is 0. The van der Waals surface area contributed by atoms with Gasteiger partial charge in [0.05, 0.1) is 5.25 Å². The zero-order chi connectivity index (χ0) is 22.0. The van der Waals surface area contributed by atoms with Gasteiger partial charge in [0, 0.05) is 41.8 Å². The molecule has 3 heterocycles. The number of hydrogen-bond donors (Lipinski definition) is 0. The number of pyridine rings is 1. The van der Waals surface area contributed by atoms with E-state index in [2.05, 4.69) is 29.0 Å². The summed E-state index contributed by atoms with van der Waals surface area (Å²) in [5.41, 5.74) is 1.80. The van der Waals surface area contributed by atoms with Gasteiger partial charge >= 0.3 is 0 Å². The second-order valence-electron chi connectivity index (χ2n) is 8.30. The summed E-state index contributed by atoms with van der Waals surface area (Å²) in [4.78, 5) is 19.3. The van der Waals surface area contributed by atoms with Crippen LogP contribution in [0.3, 0.4) is 0 Å². The van der Waals surface area contributed by atoms with Crippen LogP contribution in [0.15, 0.2) is 53.9 Å². The van der Waals surface area contributed by atoms with Gasteiger partial charge in [-0.25, -0.2) is 0 Å². The Labute approximate surface area is 192 Å². The van der Waals surface area contributed by atoms with Gasteiger partial charge in [-0.1, -0.05) is 37.2 Å². The number of halogens is 1. The molecule has 162 valence electrons. The molecule has 1 aromatic carbocycles. The van der Waals surface area contributed by atoms with Crippen LogP contribution >= 0.6 is 23.4 Å². The topological polar surface area (TPSA) is 63.9 Å². The number of thioether (sulfide) groups is 1. The third kappa shape index (κ3) is 4.93. The minimum Gasteiger partial charge on any atom is -0.341 e. The predicted octanol–water partition coefficient (Wildman–Crippen LogP) is 4.97. The molecule has 1 fully saturated rings. The first kappa shape index (κ1) is 21.8. The van der Waals surface area contributed by atoms with Crippen molar-refractivity contribution in [3.05, 3.63) is 53.8 Å². The van der Waals surface area contributed by atoms with Gasteiger partial charge < -0.3 is 4.90 Å². The van der Waals surface area contributed by atoms with Crippen molar-refractivity contribution in [2.24, 2.45) is 11.8 Å². The number of hydrogen-bond acceptors (Lipinski definition) is 5. The van der Waals surface area contributed by atoms with Gasteiger partial charge in [0.2, 0.25) is 5.91 Å². The molecule has 1 saturated heterocycles. The molecule has 1 aliphatic heterocycles. The molecule has 31 heavy (non-hydrogen) atoms. The van der Waals surface area contributed by atoms with Crippen LogP contribution in [-0.4, -0.2) is 48.9 Å². The predicted molar refractivity (Wildman–Crippen MR) is 124 cm³/mol. The first-order valence-corrected chi connectivity index (χ1v) is 11.8. The summed E-state index contributed by atoms with van der Waals surface area (Å²) < 4.78 is 1.97. The Kier molecular flexibility index (Phi) is 6.62. The quantitative estimate of drug-likeness (QED) is 0.508. The molecule has 3 atom stereocenters. The highest BCUT2D eigenvalue weighted by Gasteiger charge is 2.30. The lowest BCUT2D eigenvalue weighted by Gasteiger charge is -2.36. The molecule has 1 aliphatic rings. The van der Waals surface area contributed by atoms with E-state index in [0.717, 1.165) is 24.3 Å². The van der Waals surface area contributed by atoms with Crippen LogP contribution in [0.5, 0.6) is 0 Å². The zero-order valence-corrected chi connectivity index (χ0v) is 19.5. The van der Waals surface area contributed by atoms with Crippen LogP contribution in [0.4, 0.5) is 0 Å². The van der Waals surface area contributed by atoms with E-state index in [1.54, 1.807) is 12.4 Å². The molecule has 0 bridgehead atoms. The van der Waals surface area contributed by atoms with Crippen LogP contribution in [0.2, 0.25) is 5.02 Å². The lowest BCUT2D eigenvalue weighted by molar-refractivity contribution is -0.132. The van der Waals surface area contributed by atoms with Gasteiger partial charge in [0.25, 0.3) is 0 Å². The number of carbonyl (C=O) groups excluding carboxylic acids is 1. The number of nitrogens with zero attached hydrogens (tertiary/aromatic N) is 5. The van der Waals surface area contributed by atoms with Crippen molar-refractivity contribution in [2.45, 2.75) is 37.6 Å². The Hall–Kier alpha value is -2.38. The van der Waals surface area contributed by atoms with Crippen LogP contribution in [-0.2, 0) is 4.79 Å². The fourth-order valence-corrected chi connectivity index (χ4v) is 5.24. The van der Waals surface area contributed by atoms with Crippen molar-refractivity contribution in [2.75, 3.05) is 13.1 Å². The van der Waals surface area contributed by atoms with Crippen molar-refractivity contribution >= 4 is 29.3 Å². The minimum absolute atomic E-state index is 0.152. The fraction of sp³-hybridized carbons (Fsp3) is 0.391. The van der Waals surface area contributed by atoms with Gasteiger partial charge in [-0.3, -0.25) is 14.3 Å². The van der Waals surface area contributed by atoms with Crippen molar-refractivity contribution in [1.82, 2.24) is 24.6 Å². The maximum Gasteiger partial charge on any atom is 0.235 e. The highest BCUT2D eigenvalue weighted by molar-refractivity contribution is 8.00. The number of rotatable bonds is 5. The largest absolute Gasteiger partial charge is 0.341 e. The van der Waals surface area contributed by atoms with Crippen LogP contribution < -0.4 is 0 Å². The molecule has 2 aromatic heterocycles. The van der Waals surface area contributed by atoms with Gasteiger partial charge in [0.15, 0.2) is 11.0 Å². The number of aromatic nitrogens is 4. The smallest absolute Gasteiger partial charge is 0.235 e. The summed E-state index contributed by atoms with van der Waals surface area (Å²) in [6.07, 6.45) is 4.63. The van der Waals surface area contributed by atoms with E-state index < -0.39 is 0 Å². The molecule has 8 heteroatoms. The second-order valence-corrected chi connectivity index (χ2v) is 10.0.